The minimum absolute atomic E-state index is 0.0997. The predicted molar refractivity (Wildman–Crippen MR) is 99.5 cm³/mol. The van der Waals surface area contributed by atoms with Crippen LogP contribution in [0.1, 0.15) is 25.3 Å². The number of benzene rings is 1. The maximum Gasteiger partial charge on any atom is 0.308 e. The summed E-state index contributed by atoms with van der Waals surface area (Å²) in [5, 5.41) is 0.428. The Bertz CT molecular complexity index is 681. The van der Waals surface area contributed by atoms with Gasteiger partial charge in [-0.25, -0.2) is 0 Å². The van der Waals surface area contributed by atoms with E-state index in [1.165, 1.54) is 20.3 Å². The highest BCUT2D eigenvalue weighted by atomic mass is 35.5. The summed E-state index contributed by atoms with van der Waals surface area (Å²) in [5.74, 6) is 0.582. The number of ether oxygens (including phenoxy) is 3. The van der Waals surface area contributed by atoms with E-state index in [-0.39, 0.29) is 17.8 Å². The van der Waals surface area contributed by atoms with Crippen LogP contribution in [0.2, 0.25) is 5.02 Å². The molecule has 7 heteroatoms. The second-order valence-corrected chi connectivity index (χ2v) is 6.33. The van der Waals surface area contributed by atoms with Crippen LogP contribution in [-0.2, 0) is 14.3 Å². The van der Waals surface area contributed by atoms with E-state index in [9.17, 15) is 9.59 Å². The zero-order valence-corrected chi connectivity index (χ0v) is 16.0. The van der Waals surface area contributed by atoms with Crippen molar-refractivity contribution in [2.45, 2.75) is 19.8 Å². The van der Waals surface area contributed by atoms with Gasteiger partial charge in [0, 0.05) is 19.2 Å². The number of amides is 1. The smallest absolute Gasteiger partial charge is 0.308 e. The number of carbonyl (C=O) groups is 2. The third kappa shape index (κ3) is 4.91. The van der Waals surface area contributed by atoms with E-state index in [0.29, 0.717) is 49.1 Å². The average Bonchev–Trinajstić information content (AvgIpc) is 2.67. The standard InChI is InChI=1S/C19H24ClNO5/c1-4-26-18-15(20)11-13(12-16(18)24-2)5-6-17(22)21-9-7-14(8-10-21)19(23)25-3/h5-6,11-12,14H,4,7-10H2,1-3H3. The Morgan fingerprint density at radius 3 is 2.54 bits per heavy atom. The van der Waals surface area contributed by atoms with Crippen LogP contribution in [0.3, 0.4) is 0 Å². The molecule has 1 aromatic rings. The summed E-state index contributed by atoms with van der Waals surface area (Å²) in [6.45, 7) is 3.42. The van der Waals surface area contributed by atoms with E-state index in [0.717, 1.165) is 5.56 Å². The van der Waals surface area contributed by atoms with E-state index in [4.69, 9.17) is 25.8 Å². The summed E-state index contributed by atoms with van der Waals surface area (Å²) in [6.07, 6.45) is 4.44. The van der Waals surface area contributed by atoms with E-state index < -0.39 is 0 Å². The van der Waals surface area contributed by atoms with Crippen molar-refractivity contribution in [2.75, 3.05) is 33.9 Å². The fraction of sp³-hybridized carbons (Fsp3) is 0.474. The van der Waals surface area contributed by atoms with Crippen LogP contribution < -0.4 is 9.47 Å². The molecule has 0 unspecified atom stereocenters. The Hall–Kier alpha value is -2.21. The lowest BCUT2D eigenvalue weighted by Gasteiger charge is -2.29. The minimum Gasteiger partial charge on any atom is -0.493 e. The highest BCUT2D eigenvalue weighted by molar-refractivity contribution is 6.32. The van der Waals surface area contributed by atoms with Gasteiger partial charge in [0.15, 0.2) is 11.5 Å². The van der Waals surface area contributed by atoms with Crippen molar-refractivity contribution in [3.63, 3.8) is 0 Å². The van der Waals surface area contributed by atoms with Crippen LogP contribution in [0, 0.1) is 5.92 Å². The molecular formula is C19H24ClNO5. The molecule has 1 fully saturated rings. The highest BCUT2D eigenvalue weighted by Crippen LogP contribution is 2.36. The Labute approximate surface area is 158 Å². The molecule has 1 saturated heterocycles. The first-order valence-corrected chi connectivity index (χ1v) is 8.93. The van der Waals surface area contributed by atoms with Gasteiger partial charge in [-0.3, -0.25) is 9.59 Å². The molecule has 6 nitrogen and oxygen atoms in total. The third-order valence-electron chi connectivity index (χ3n) is 4.30. The maximum atomic E-state index is 12.4. The number of halogens is 1. The SMILES string of the molecule is CCOc1c(Cl)cc(C=CC(=O)N2CCC(C(=O)OC)CC2)cc1OC. The highest BCUT2D eigenvalue weighted by Gasteiger charge is 2.27. The molecule has 0 radical (unpaired) electrons. The van der Waals surface area contributed by atoms with Crippen LogP contribution in [0.5, 0.6) is 11.5 Å². The second-order valence-electron chi connectivity index (χ2n) is 5.92. The van der Waals surface area contributed by atoms with Crippen LogP contribution in [0.25, 0.3) is 6.08 Å². The first-order valence-electron chi connectivity index (χ1n) is 8.55. The maximum absolute atomic E-state index is 12.4. The van der Waals surface area contributed by atoms with E-state index >= 15 is 0 Å². The summed E-state index contributed by atoms with van der Waals surface area (Å²) in [7, 11) is 2.93. The summed E-state index contributed by atoms with van der Waals surface area (Å²) < 4.78 is 15.5. The lowest BCUT2D eigenvalue weighted by atomic mass is 9.97. The zero-order chi connectivity index (χ0) is 19.1. The van der Waals surface area contributed by atoms with Gasteiger partial charge in [-0.15, -0.1) is 0 Å². The van der Waals surface area contributed by atoms with Crippen molar-refractivity contribution in [2.24, 2.45) is 5.92 Å². The molecule has 142 valence electrons. The van der Waals surface area contributed by atoms with Crippen molar-refractivity contribution in [1.29, 1.82) is 0 Å². The molecule has 1 aliphatic rings. The molecule has 1 aromatic carbocycles. The summed E-state index contributed by atoms with van der Waals surface area (Å²) >= 11 is 6.24. The number of carbonyl (C=O) groups excluding carboxylic acids is 2. The van der Waals surface area contributed by atoms with Gasteiger partial charge < -0.3 is 19.1 Å². The zero-order valence-electron chi connectivity index (χ0n) is 15.3. The number of methoxy groups -OCH3 is 2. The first-order chi connectivity index (χ1) is 12.5. The minimum atomic E-state index is -0.205. The van der Waals surface area contributed by atoms with E-state index in [1.807, 2.05) is 6.92 Å². The van der Waals surface area contributed by atoms with Gasteiger partial charge in [-0.2, -0.15) is 0 Å². The van der Waals surface area contributed by atoms with Crippen molar-refractivity contribution in [3.05, 3.63) is 28.8 Å². The van der Waals surface area contributed by atoms with Crippen LogP contribution in [0.4, 0.5) is 0 Å². The number of hydrogen-bond donors (Lipinski definition) is 0. The Kier molecular flexibility index (Phi) is 7.33. The summed E-state index contributed by atoms with van der Waals surface area (Å²) in [4.78, 5) is 25.6. The molecule has 0 spiro atoms. The van der Waals surface area contributed by atoms with E-state index in [2.05, 4.69) is 0 Å². The lowest BCUT2D eigenvalue weighted by Crippen LogP contribution is -2.39. The van der Waals surface area contributed by atoms with Gasteiger partial charge in [-0.1, -0.05) is 11.6 Å². The Balaban J connectivity index is 2.02. The molecule has 26 heavy (non-hydrogen) atoms. The van der Waals surface area contributed by atoms with Gasteiger partial charge in [0.05, 0.1) is 31.8 Å². The number of esters is 1. The topological polar surface area (TPSA) is 65.1 Å². The third-order valence-corrected chi connectivity index (χ3v) is 4.58. The number of rotatable bonds is 6. The van der Waals surface area contributed by atoms with Gasteiger partial charge in [0.25, 0.3) is 0 Å². The van der Waals surface area contributed by atoms with Crippen molar-refractivity contribution in [3.8, 4) is 11.5 Å². The van der Waals surface area contributed by atoms with Gasteiger partial charge in [0.2, 0.25) is 5.91 Å². The fourth-order valence-corrected chi connectivity index (χ4v) is 3.17. The van der Waals surface area contributed by atoms with Crippen molar-refractivity contribution < 1.29 is 23.8 Å². The molecule has 0 aliphatic carbocycles. The number of piperidine rings is 1. The van der Waals surface area contributed by atoms with Crippen LogP contribution in [-0.4, -0.2) is 50.7 Å². The van der Waals surface area contributed by atoms with Crippen molar-refractivity contribution >= 4 is 29.6 Å². The molecule has 1 heterocycles. The summed E-state index contributed by atoms with van der Waals surface area (Å²) in [6, 6.07) is 3.49. The van der Waals surface area contributed by atoms with Gasteiger partial charge >= 0.3 is 5.97 Å². The van der Waals surface area contributed by atoms with Gasteiger partial charge in [-0.05, 0) is 43.5 Å². The van der Waals surface area contributed by atoms with Crippen LogP contribution in [0.15, 0.2) is 18.2 Å². The van der Waals surface area contributed by atoms with Crippen molar-refractivity contribution in [1.82, 2.24) is 4.90 Å². The molecule has 0 bridgehead atoms. The average molecular weight is 382 g/mol. The molecule has 0 atom stereocenters. The molecular weight excluding hydrogens is 358 g/mol. The quantitative estimate of drug-likeness (QED) is 0.559. The Morgan fingerprint density at radius 2 is 1.96 bits per heavy atom. The number of hydrogen-bond acceptors (Lipinski definition) is 5. The van der Waals surface area contributed by atoms with E-state index in [1.54, 1.807) is 23.1 Å². The fourth-order valence-electron chi connectivity index (χ4n) is 2.90. The van der Waals surface area contributed by atoms with Crippen LogP contribution >= 0.6 is 11.6 Å². The first kappa shape index (κ1) is 20.1. The number of likely N-dealkylation sites (tertiary alicyclic amines) is 1. The second kappa shape index (κ2) is 9.48. The largest absolute Gasteiger partial charge is 0.493 e. The molecule has 0 saturated carbocycles. The molecule has 0 aromatic heterocycles. The molecule has 2 rings (SSSR count). The monoisotopic (exact) mass is 381 g/mol. The molecule has 0 N–H and O–H groups in total. The van der Waals surface area contributed by atoms with Gasteiger partial charge in [0.1, 0.15) is 0 Å². The molecule has 1 aliphatic heterocycles. The predicted octanol–water partition coefficient (Wildman–Crippen LogP) is 3.17. The lowest BCUT2D eigenvalue weighted by molar-refractivity contribution is -0.148. The number of nitrogens with zero attached hydrogens (tertiary/aromatic N) is 1. The normalized spacial score (nSPS) is 15.2. The Morgan fingerprint density at radius 1 is 1.27 bits per heavy atom. The molecule has 1 amide bonds. The summed E-state index contributed by atoms with van der Waals surface area (Å²) in [5.41, 5.74) is 0.744.